The first-order chi connectivity index (χ1) is 21.8. The van der Waals surface area contributed by atoms with Gasteiger partial charge in [0.05, 0.1) is 6.42 Å². The summed E-state index contributed by atoms with van der Waals surface area (Å²) >= 11 is 0. The van der Waals surface area contributed by atoms with Gasteiger partial charge in [-0.3, -0.25) is 24.0 Å². The molecule has 4 aromatic rings. The Kier molecular flexibility index (Phi) is 11.6. The van der Waals surface area contributed by atoms with Crippen molar-refractivity contribution in [1.29, 1.82) is 0 Å². The number of anilines is 1. The van der Waals surface area contributed by atoms with Gasteiger partial charge in [0.2, 0.25) is 5.91 Å². The lowest BCUT2D eigenvalue weighted by molar-refractivity contribution is -0.140. The molecule has 45 heavy (non-hydrogen) atoms. The Morgan fingerprint density at radius 2 is 1.60 bits per heavy atom. The molecule has 234 valence electrons. The Labute approximate surface area is 261 Å². The van der Waals surface area contributed by atoms with Crippen LogP contribution in [0.4, 0.5) is 5.69 Å². The summed E-state index contributed by atoms with van der Waals surface area (Å²) in [5.74, 6) is -2.67. The first-order valence-corrected chi connectivity index (χ1v) is 15.0. The number of carbonyl (C=O) groups is 4. The largest absolute Gasteiger partial charge is 0.486 e. The van der Waals surface area contributed by atoms with Gasteiger partial charge in [-0.15, -0.1) is 0 Å². The number of ketones is 1. The molecular weight excluding hydrogens is 574 g/mol. The summed E-state index contributed by atoms with van der Waals surface area (Å²) in [5, 5.41) is 16.2. The Morgan fingerprint density at radius 1 is 0.867 bits per heavy atom. The summed E-state index contributed by atoms with van der Waals surface area (Å²) in [7, 11) is 0. The number of aliphatic carboxylic acids is 1. The van der Waals surface area contributed by atoms with Crippen LogP contribution in [0.3, 0.4) is 0 Å². The highest BCUT2D eigenvalue weighted by molar-refractivity contribution is 6.12. The maximum absolute atomic E-state index is 13.7. The van der Waals surface area contributed by atoms with Crippen LogP contribution in [-0.2, 0) is 27.3 Å². The summed E-state index contributed by atoms with van der Waals surface area (Å²) in [5.41, 5.74) is 0.392. The lowest BCUT2D eigenvalue weighted by Crippen LogP contribution is -2.46. The Hall–Kier alpha value is -5.25. The van der Waals surface area contributed by atoms with Crippen molar-refractivity contribution in [3.8, 4) is 5.75 Å². The molecule has 0 fully saturated rings. The molecule has 1 atom stereocenters. The van der Waals surface area contributed by atoms with Gasteiger partial charge in [0.25, 0.3) is 11.5 Å². The normalized spacial score (nSPS) is 11.5. The Bertz CT molecular complexity index is 1710. The fourth-order valence-electron chi connectivity index (χ4n) is 5.02. The second-order valence-corrected chi connectivity index (χ2v) is 10.7. The van der Waals surface area contributed by atoms with Crippen LogP contribution < -0.4 is 20.9 Å². The van der Waals surface area contributed by atoms with Gasteiger partial charge < -0.3 is 25.0 Å². The molecule has 0 bridgehead atoms. The first-order valence-electron chi connectivity index (χ1n) is 15.0. The third-order valence-electron chi connectivity index (χ3n) is 7.36. The molecule has 0 unspecified atom stereocenters. The number of hydrogen-bond donors (Lipinski definition) is 3. The zero-order chi connectivity index (χ0) is 32.2. The molecule has 10 heteroatoms. The number of nitrogens with one attached hydrogen (secondary N) is 2. The minimum Gasteiger partial charge on any atom is -0.486 e. The summed E-state index contributed by atoms with van der Waals surface area (Å²) < 4.78 is 6.73. The van der Waals surface area contributed by atoms with Crippen LogP contribution >= 0.6 is 0 Å². The Morgan fingerprint density at radius 3 is 2.36 bits per heavy atom. The lowest BCUT2D eigenvalue weighted by Gasteiger charge is -2.19. The molecular formula is C35H37N3O7. The molecule has 2 amide bonds. The van der Waals surface area contributed by atoms with Crippen molar-refractivity contribution in [1.82, 2.24) is 9.88 Å². The minimum absolute atomic E-state index is 0.00698. The topological polar surface area (TPSA) is 144 Å². The number of benzene rings is 3. The van der Waals surface area contributed by atoms with E-state index in [1.165, 1.54) is 10.6 Å². The van der Waals surface area contributed by atoms with E-state index in [0.29, 0.717) is 23.4 Å². The van der Waals surface area contributed by atoms with Crippen molar-refractivity contribution in [3.05, 3.63) is 107 Å². The smallest absolute Gasteiger partial charge is 0.305 e. The zero-order valence-electron chi connectivity index (χ0n) is 25.2. The first kappa shape index (κ1) is 32.7. The number of ether oxygens (including phenoxy) is 1. The van der Waals surface area contributed by atoms with Crippen LogP contribution in [-0.4, -0.2) is 45.9 Å². The number of carbonyl (C=O) groups excluding carboxylic acids is 3. The van der Waals surface area contributed by atoms with Crippen LogP contribution in [0.15, 0.2) is 89.7 Å². The number of carboxylic acids is 1. The van der Waals surface area contributed by atoms with E-state index in [2.05, 4.69) is 17.6 Å². The average Bonchev–Trinajstić information content (AvgIpc) is 3.04. The van der Waals surface area contributed by atoms with E-state index in [-0.39, 0.29) is 5.69 Å². The standard InChI is InChI=1S/C35H37N3O7/c1-2-3-4-6-14-25-19-20-29(37-34(43)28-18-11-13-24-12-9-10-17-27(24)28)35(44)38(25)22-32(40)36-30(21-33(41)42)31(39)23-45-26-15-7-5-8-16-26/h5,7-13,15-20,30H,2-4,6,14,21-23H2,1H3,(H,36,40)(H,37,43)(H,41,42)/t30-/m0/s1. The fraction of sp³-hybridized carbons (Fsp3) is 0.286. The van der Waals surface area contributed by atoms with E-state index in [0.717, 1.165) is 36.5 Å². The summed E-state index contributed by atoms with van der Waals surface area (Å²) in [6, 6.07) is 23.2. The van der Waals surface area contributed by atoms with Crippen molar-refractivity contribution in [2.45, 2.75) is 58.0 Å². The number of nitrogens with zero attached hydrogens (tertiary/aromatic N) is 1. The monoisotopic (exact) mass is 611 g/mol. The highest BCUT2D eigenvalue weighted by Gasteiger charge is 2.25. The fourth-order valence-corrected chi connectivity index (χ4v) is 5.02. The maximum atomic E-state index is 13.7. The zero-order valence-corrected chi connectivity index (χ0v) is 25.2. The Balaban J connectivity index is 1.55. The number of carboxylic acid groups (broad SMARTS) is 1. The number of hydrogen-bond acceptors (Lipinski definition) is 6. The van der Waals surface area contributed by atoms with E-state index < -0.39 is 54.7 Å². The van der Waals surface area contributed by atoms with Crippen molar-refractivity contribution < 1.29 is 29.0 Å². The predicted molar refractivity (Wildman–Crippen MR) is 172 cm³/mol. The van der Waals surface area contributed by atoms with E-state index in [1.807, 2.05) is 30.3 Å². The lowest BCUT2D eigenvalue weighted by atomic mass is 10.0. The van der Waals surface area contributed by atoms with Crippen LogP contribution in [0.1, 0.15) is 55.1 Å². The van der Waals surface area contributed by atoms with Crippen molar-refractivity contribution in [2.24, 2.45) is 0 Å². The molecule has 0 aliphatic carbocycles. The molecule has 0 aliphatic heterocycles. The number of Topliss-reactive ketones (excluding diaryl/α,β-unsaturated/α-hetero) is 1. The van der Waals surface area contributed by atoms with Gasteiger partial charge >= 0.3 is 5.97 Å². The van der Waals surface area contributed by atoms with Gasteiger partial charge in [-0.05, 0) is 53.9 Å². The second-order valence-electron chi connectivity index (χ2n) is 10.7. The predicted octanol–water partition coefficient (Wildman–Crippen LogP) is 4.98. The van der Waals surface area contributed by atoms with Crippen molar-refractivity contribution in [3.63, 3.8) is 0 Å². The van der Waals surface area contributed by atoms with Crippen LogP contribution in [0.5, 0.6) is 5.75 Å². The molecule has 3 N–H and O–H groups in total. The maximum Gasteiger partial charge on any atom is 0.305 e. The number of para-hydroxylation sites is 1. The van der Waals surface area contributed by atoms with Gasteiger partial charge in [-0.1, -0.05) is 80.8 Å². The molecule has 4 rings (SSSR count). The second kappa shape index (κ2) is 16.0. The van der Waals surface area contributed by atoms with Gasteiger partial charge in [0.1, 0.15) is 30.6 Å². The van der Waals surface area contributed by atoms with Gasteiger partial charge in [-0.25, -0.2) is 0 Å². The number of fused-ring (bicyclic) bond motifs is 1. The molecule has 0 aliphatic rings. The number of unbranched alkanes of at least 4 members (excludes halogenated alkanes) is 3. The molecule has 0 saturated heterocycles. The van der Waals surface area contributed by atoms with E-state index in [4.69, 9.17) is 4.74 Å². The van der Waals surface area contributed by atoms with Crippen molar-refractivity contribution >= 4 is 40.0 Å². The van der Waals surface area contributed by atoms with Crippen molar-refractivity contribution in [2.75, 3.05) is 11.9 Å². The molecule has 3 aromatic carbocycles. The quantitative estimate of drug-likeness (QED) is 0.152. The van der Waals surface area contributed by atoms with E-state index >= 15 is 0 Å². The molecule has 0 saturated carbocycles. The summed E-state index contributed by atoms with van der Waals surface area (Å²) in [6.45, 7) is 1.18. The number of aromatic nitrogens is 1. The van der Waals surface area contributed by atoms with Gasteiger partial charge in [0, 0.05) is 11.3 Å². The highest BCUT2D eigenvalue weighted by atomic mass is 16.5. The molecule has 0 spiro atoms. The third-order valence-corrected chi connectivity index (χ3v) is 7.36. The summed E-state index contributed by atoms with van der Waals surface area (Å²) in [6.07, 6.45) is 3.64. The average molecular weight is 612 g/mol. The van der Waals surface area contributed by atoms with E-state index in [9.17, 15) is 29.1 Å². The van der Waals surface area contributed by atoms with Crippen LogP contribution in [0.25, 0.3) is 10.8 Å². The SMILES string of the molecule is CCCCCCc1ccc(NC(=O)c2cccc3ccccc23)c(=O)n1CC(=O)N[C@@H](CC(=O)O)C(=O)COc1ccccc1. The molecule has 1 heterocycles. The van der Waals surface area contributed by atoms with Gasteiger partial charge in [0.15, 0.2) is 5.78 Å². The number of rotatable bonds is 16. The number of pyridine rings is 1. The molecule has 1 aromatic heterocycles. The molecule has 10 nitrogen and oxygen atoms in total. The van der Waals surface area contributed by atoms with E-state index in [1.54, 1.807) is 48.5 Å². The number of aryl methyl sites for hydroxylation is 1. The minimum atomic E-state index is -1.36. The highest BCUT2D eigenvalue weighted by Crippen LogP contribution is 2.20. The summed E-state index contributed by atoms with van der Waals surface area (Å²) in [4.78, 5) is 64.6. The molecule has 0 radical (unpaired) electrons. The van der Waals surface area contributed by atoms with Gasteiger partial charge in [-0.2, -0.15) is 0 Å². The third kappa shape index (κ3) is 9.12. The van der Waals surface area contributed by atoms with Crippen LogP contribution in [0, 0.1) is 0 Å². The van der Waals surface area contributed by atoms with Crippen LogP contribution in [0.2, 0.25) is 0 Å². The number of amides is 2.